The Bertz CT molecular complexity index is 465. The van der Waals surface area contributed by atoms with Crippen LogP contribution in [-0.4, -0.2) is 25.7 Å². The van der Waals surface area contributed by atoms with Gasteiger partial charge >= 0.3 is 0 Å². The Morgan fingerprint density at radius 1 is 1.50 bits per heavy atom. The minimum atomic E-state index is -0.526. The second-order valence-corrected chi connectivity index (χ2v) is 4.77. The topological polar surface area (TPSA) is 73.6 Å². The lowest BCUT2D eigenvalue weighted by atomic mass is 10.1. The van der Waals surface area contributed by atoms with E-state index in [1.165, 1.54) is 0 Å². The normalized spacial score (nSPS) is 15.2. The highest BCUT2D eigenvalue weighted by Crippen LogP contribution is 2.39. The number of carbonyl (C=O) groups is 1. The monoisotopic (exact) mass is 314 g/mol. The zero-order chi connectivity index (χ0) is 13.1. The van der Waals surface area contributed by atoms with Crippen LogP contribution in [0.15, 0.2) is 16.6 Å². The molecule has 1 aromatic carbocycles. The lowest BCUT2D eigenvalue weighted by Crippen LogP contribution is -2.33. The summed E-state index contributed by atoms with van der Waals surface area (Å²) in [6.45, 7) is 3.60. The fourth-order valence-corrected chi connectivity index (χ4v) is 2.46. The second kappa shape index (κ2) is 5.58. The number of hydrogen-bond acceptors (Lipinski definition) is 4. The third-order valence-electron chi connectivity index (χ3n) is 2.65. The summed E-state index contributed by atoms with van der Waals surface area (Å²) in [6, 6.07) is 3.09. The zero-order valence-corrected chi connectivity index (χ0v) is 11.6. The molecule has 0 saturated carbocycles. The Morgan fingerprint density at radius 3 is 2.89 bits per heavy atom. The number of hydrogen-bond donors (Lipinski definition) is 2. The van der Waals surface area contributed by atoms with Gasteiger partial charge in [-0.1, -0.05) is 6.92 Å². The smallest absolute Gasteiger partial charge is 0.239 e. The van der Waals surface area contributed by atoms with E-state index in [9.17, 15) is 4.79 Å². The predicted molar refractivity (Wildman–Crippen MR) is 70.7 cm³/mol. The molecule has 1 aliphatic rings. The zero-order valence-electron chi connectivity index (χ0n) is 10.0. The van der Waals surface area contributed by atoms with E-state index in [1.807, 2.05) is 13.0 Å². The number of nitrogens with one attached hydrogen (secondary N) is 1. The van der Waals surface area contributed by atoms with Gasteiger partial charge in [-0.15, -0.1) is 0 Å². The average molecular weight is 315 g/mol. The van der Waals surface area contributed by atoms with Crippen molar-refractivity contribution in [1.29, 1.82) is 0 Å². The summed E-state index contributed by atoms with van der Waals surface area (Å²) < 4.78 is 11.8. The van der Waals surface area contributed by atoms with Crippen molar-refractivity contribution in [2.24, 2.45) is 5.73 Å². The van der Waals surface area contributed by atoms with E-state index in [1.54, 1.807) is 6.07 Å². The summed E-state index contributed by atoms with van der Waals surface area (Å²) >= 11 is 3.42. The minimum Gasteiger partial charge on any atom is -0.486 e. The van der Waals surface area contributed by atoms with Crippen LogP contribution in [-0.2, 0) is 4.79 Å². The molecule has 18 heavy (non-hydrogen) atoms. The van der Waals surface area contributed by atoms with Crippen LogP contribution in [0.1, 0.15) is 18.5 Å². The molecule has 1 atom stereocenters. The molecule has 0 saturated heterocycles. The first-order valence-corrected chi connectivity index (χ1v) is 6.54. The highest BCUT2D eigenvalue weighted by atomic mass is 79.9. The number of ether oxygens (including phenoxy) is 2. The van der Waals surface area contributed by atoms with Gasteiger partial charge in [0.05, 0.1) is 4.47 Å². The molecule has 0 fully saturated rings. The first-order chi connectivity index (χ1) is 8.63. The molecule has 6 heteroatoms. The molecule has 3 N–H and O–H groups in total. The van der Waals surface area contributed by atoms with E-state index < -0.39 is 11.9 Å². The molecular formula is C12H15BrN2O3. The van der Waals surface area contributed by atoms with Gasteiger partial charge < -0.3 is 20.5 Å². The van der Waals surface area contributed by atoms with Crippen molar-refractivity contribution in [2.75, 3.05) is 19.8 Å². The number of primary amides is 1. The lowest BCUT2D eigenvalue weighted by molar-refractivity contribution is -0.120. The van der Waals surface area contributed by atoms with E-state index in [2.05, 4.69) is 21.2 Å². The summed E-state index contributed by atoms with van der Waals surface area (Å²) in [5.41, 5.74) is 6.16. The highest BCUT2D eigenvalue weighted by molar-refractivity contribution is 9.10. The molecule has 1 amide bonds. The first-order valence-electron chi connectivity index (χ1n) is 5.75. The summed E-state index contributed by atoms with van der Waals surface area (Å²) in [4.78, 5) is 11.4. The third kappa shape index (κ3) is 2.59. The Kier molecular flexibility index (Phi) is 4.08. The molecular weight excluding hydrogens is 300 g/mol. The van der Waals surface area contributed by atoms with Crippen LogP contribution in [0.3, 0.4) is 0 Å². The number of carbonyl (C=O) groups excluding carboxylic acids is 1. The molecule has 98 valence electrons. The Balaban J connectivity index is 2.38. The predicted octanol–water partition coefficient (Wildman–Crippen LogP) is 1.36. The summed E-state index contributed by atoms with van der Waals surface area (Å²) in [5, 5.41) is 3.04. The van der Waals surface area contributed by atoms with E-state index in [0.29, 0.717) is 31.3 Å². The Hall–Kier alpha value is -1.27. The van der Waals surface area contributed by atoms with Crippen molar-refractivity contribution in [3.05, 3.63) is 22.2 Å². The van der Waals surface area contributed by atoms with Crippen molar-refractivity contribution in [1.82, 2.24) is 5.32 Å². The number of halogens is 1. The molecule has 0 bridgehead atoms. The molecule has 5 nitrogen and oxygen atoms in total. The van der Waals surface area contributed by atoms with Crippen LogP contribution in [0.5, 0.6) is 11.5 Å². The quantitative estimate of drug-likeness (QED) is 0.880. The number of fused-ring (bicyclic) bond motifs is 1. The third-order valence-corrected chi connectivity index (χ3v) is 3.23. The van der Waals surface area contributed by atoms with Gasteiger partial charge in [0.25, 0.3) is 0 Å². The molecule has 1 unspecified atom stereocenters. The number of rotatable bonds is 4. The molecule has 0 aliphatic carbocycles. The van der Waals surface area contributed by atoms with Gasteiger partial charge in [0.2, 0.25) is 5.91 Å². The van der Waals surface area contributed by atoms with Gasteiger partial charge in [0, 0.05) is 0 Å². The fraction of sp³-hybridized carbons (Fsp3) is 0.417. The van der Waals surface area contributed by atoms with Crippen LogP contribution < -0.4 is 20.5 Å². The van der Waals surface area contributed by atoms with E-state index in [0.717, 1.165) is 10.0 Å². The maximum absolute atomic E-state index is 11.4. The molecule has 0 aromatic heterocycles. The SMILES string of the molecule is CCNC(C(N)=O)c1cc(Br)c2c(c1)OCCO2. The highest BCUT2D eigenvalue weighted by Gasteiger charge is 2.22. The van der Waals surface area contributed by atoms with Gasteiger partial charge in [-0.3, -0.25) is 4.79 Å². The molecule has 0 radical (unpaired) electrons. The molecule has 1 heterocycles. The van der Waals surface area contributed by atoms with Gasteiger partial charge in [0.1, 0.15) is 19.3 Å². The fourth-order valence-electron chi connectivity index (χ4n) is 1.88. The van der Waals surface area contributed by atoms with Crippen LogP contribution in [0.2, 0.25) is 0 Å². The van der Waals surface area contributed by atoms with Gasteiger partial charge in [-0.25, -0.2) is 0 Å². The maximum atomic E-state index is 11.4. The number of benzene rings is 1. The van der Waals surface area contributed by atoms with E-state index in [-0.39, 0.29) is 0 Å². The number of amides is 1. The van der Waals surface area contributed by atoms with Crippen molar-refractivity contribution < 1.29 is 14.3 Å². The van der Waals surface area contributed by atoms with Crippen molar-refractivity contribution in [2.45, 2.75) is 13.0 Å². The number of nitrogens with two attached hydrogens (primary N) is 1. The Morgan fingerprint density at radius 2 is 2.22 bits per heavy atom. The summed E-state index contributed by atoms with van der Waals surface area (Å²) in [7, 11) is 0. The lowest BCUT2D eigenvalue weighted by Gasteiger charge is -2.22. The van der Waals surface area contributed by atoms with Crippen molar-refractivity contribution in [3.63, 3.8) is 0 Å². The summed E-state index contributed by atoms with van der Waals surface area (Å²) in [6.07, 6.45) is 0. The van der Waals surface area contributed by atoms with Gasteiger partial charge in [0.15, 0.2) is 11.5 Å². The van der Waals surface area contributed by atoms with Crippen LogP contribution in [0.4, 0.5) is 0 Å². The molecule has 1 aliphatic heterocycles. The first kappa shape index (κ1) is 13.2. The van der Waals surface area contributed by atoms with Crippen molar-refractivity contribution in [3.8, 4) is 11.5 Å². The molecule has 0 spiro atoms. The average Bonchev–Trinajstić information content (AvgIpc) is 2.35. The summed E-state index contributed by atoms with van der Waals surface area (Å²) in [5.74, 6) is 0.889. The van der Waals surface area contributed by atoms with Crippen LogP contribution in [0, 0.1) is 0 Å². The largest absolute Gasteiger partial charge is 0.486 e. The van der Waals surface area contributed by atoms with Gasteiger partial charge in [-0.05, 0) is 40.2 Å². The van der Waals surface area contributed by atoms with E-state index >= 15 is 0 Å². The Labute approximate surface area is 114 Å². The van der Waals surface area contributed by atoms with Gasteiger partial charge in [-0.2, -0.15) is 0 Å². The molecule has 1 aromatic rings. The molecule has 2 rings (SSSR count). The van der Waals surface area contributed by atoms with Crippen LogP contribution in [0.25, 0.3) is 0 Å². The number of likely N-dealkylation sites (N-methyl/N-ethyl adjacent to an activating group) is 1. The minimum absolute atomic E-state index is 0.416. The van der Waals surface area contributed by atoms with E-state index in [4.69, 9.17) is 15.2 Å². The van der Waals surface area contributed by atoms with Crippen LogP contribution >= 0.6 is 15.9 Å². The standard InChI is InChI=1S/C12H15BrN2O3/c1-2-15-10(12(14)16)7-5-8(13)11-9(6-7)17-3-4-18-11/h5-6,10,15H,2-4H2,1H3,(H2,14,16). The van der Waals surface area contributed by atoms with Crippen molar-refractivity contribution >= 4 is 21.8 Å². The second-order valence-electron chi connectivity index (χ2n) is 3.92. The maximum Gasteiger partial charge on any atom is 0.239 e.